The van der Waals surface area contributed by atoms with E-state index in [1.807, 2.05) is 0 Å². The first kappa shape index (κ1) is 42.5. The van der Waals surface area contributed by atoms with Crippen LogP contribution in [0.1, 0.15) is 170 Å². The van der Waals surface area contributed by atoms with E-state index < -0.39 is 0 Å². The molecule has 0 radical (unpaired) electrons. The summed E-state index contributed by atoms with van der Waals surface area (Å²) in [6.07, 6.45) is 17.8. The molecule has 0 bridgehead atoms. The molecule has 20 atom stereocenters. The summed E-state index contributed by atoms with van der Waals surface area (Å²) in [6, 6.07) is 0. The van der Waals surface area contributed by atoms with Crippen LogP contribution in [0, 0.1) is 92.7 Å². The molecule has 0 heterocycles. The number of ether oxygens (including phenoxy) is 2. The number of esters is 2. The van der Waals surface area contributed by atoms with Gasteiger partial charge in [0.05, 0.1) is 24.4 Å². The third-order valence-electron chi connectivity index (χ3n) is 20.9. The zero-order valence-electron chi connectivity index (χ0n) is 36.5. The smallest absolute Gasteiger partial charge is 0.308 e. The highest BCUT2D eigenvalue weighted by atomic mass is 16.7. The average molecular weight is 797 g/mol. The van der Waals surface area contributed by atoms with E-state index in [0.717, 1.165) is 103 Å². The average Bonchev–Trinajstić information content (AvgIpc) is 3.71. The van der Waals surface area contributed by atoms with Gasteiger partial charge in [-0.15, -0.1) is 0 Å². The summed E-state index contributed by atoms with van der Waals surface area (Å²) >= 11 is 0. The molecule has 0 amide bonds. The molecular weight excluding hydrogens is 717 g/mol. The lowest BCUT2D eigenvalue weighted by Crippen LogP contribution is -2.58. The van der Waals surface area contributed by atoms with E-state index in [1.165, 1.54) is 12.8 Å². The van der Waals surface area contributed by atoms with Gasteiger partial charge < -0.3 is 29.9 Å². The zero-order chi connectivity index (χ0) is 40.7. The van der Waals surface area contributed by atoms with Crippen LogP contribution in [0.3, 0.4) is 0 Å². The molecule has 0 aliphatic heterocycles. The number of fused-ring (bicyclic) bond motifs is 10. The standard InChI is InChI=1S/C49H80O8/c1-28(34-9-11-36-44-38(17-21-48(34,36)5)46(3)19-15-32(50)23-30(46)25-40(44)52)7-13-42(54)56-27-57-43(55)14-8-29(2)35-10-12-37-45-39(18-22-49(35,37)6)47(4)20-16-33(51)24-31(47)26-41(45)53/h28-41,44-45,50-53H,7-27H2,1-6H3/t28-,29-,30?,31?,32-,33-,34-,35-,36?,37?,38+,39+,40+,41+,44+,45+,46+,47+,48-,49-/m1/s1. The topological polar surface area (TPSA) is 134 Å². The second kappa shape index (κ2) is 15.9. The molecular formula is C49H80O8. The summed E-state index contributed by atoms with van der Waals surface area (Å²) in [7, 11) is 0. The van der Waals surface area contributed by atoms with Crippen LogP contribution >= 0.6 is 0 Å². The minimum atomic E-state index is -0.317. The number of aliphatic hydroxyl groups excluding tert-OH is 4. The maximum absolute atomic E-state index is 12.9. The Morgan fingerprint density at radius 1 is 0.526 bits per heavy atom. The molecule has 8 rings (SSSR count). The van der Waals surface area contributed by atoms with E-state index in [1.54, 1.807) is 0 Å². The van der Waals surface area contributed by atoms with Gasteiger partial charge in [0.15, 0.2) is 0 Å². The molecule has 8 nitrogen and oxygen atoms in total. The van der Waals surface area contributed by atoms with Gasteiger partial charge in [-0.3, -0.25) is 9.59 Å². The van der Waals surface area contributed by atoms with Crippen molar-refractivity contribution >= 4 is 11.9 Å². The van der Waals surface area contributed by atoms with Crippen molar-refractivity contribution < 1.29 is 39.5 Å². The molecule has 4 N–H and O–H groups in total. The fourth-order valence-electron chi connectivity index (χ4n) is 17.7. The molecule has 0 saturated heterocycles. The molecule has 0 aromatic heterocycles. The Kier molecular flexibility index (Phi) is 11.9. The van der Waals surface area contributed by atoms with Crippen molar-refractivity contribution in [2.75, 3.05) is 6.79 Å². The number of hydrogen-bond acceptors (Lipinski definition) is 8. The lowest BCUT2D eigenvalue weighted by molar-refractivity contribution is -0.174. The fourth-order valence-corrected chi connectivity index (χ4v) is 17.7. The number of carbonyl (C=O) groups is 2. The van der Waals surface area contributed by atoms with Crippen LogP contribution in [-0.2, 0) is 19.1 Å². The minimum Gasteiger partial charge on any atom is -0.428 e. The third-order valence-corrected chi connectivity index (χ3v) is 20.9. The van der Waals surface area contributed by atoms with Gasteiger partial charge in [0.2, 0.25) is 6.79 Å². The van der Waals surface area contributed by atoms with Crippen molar-refractivity contribution in [1.82, 2.24) is 0 Å². The highest BCUT2D eigenvalue weighted by Crippen LogP contribution is 2.70. The van der Waals surface area contributed by atoms with Crippen molar-refractivity contribution in [3.05, 3.63) is 0 Å². The predicted octanol–water partition coefficient (Wildman–Crippen LogP) is 8.84. The van der Waals surface area contributed by atoms with E-state index >= 15 is 0 Å². The maximum Gasteiger partial charge on any atom is 0.308 e. The van der Waals surface area contributed by atoms with E-state index in [2.05, 4.69) is 41.5 Å². The Hall–Kier alpha value is -1.22. The number of aliphatic hydroxyl groups is 4. The maximum atomic E-state index is 12.9. The second-order valence-electron chi connectivity index (χ2n) is 23.1. The van der Waals surface area contributed by atoms with E-state index in [-0.39, 0.29) is 64.8 Å². The Morgan fingerprint density at radius 3 is 1.30 bits per heavy atom. The quantitative estimate of drug-likeness (QED) is 0.127. The summed E-state index contributed by atoms with van der Waals surface area (Å²) < 4.78 is 10.9. The molecule has 324 valence electrons. The van der Waals surface area contributed by atoms with Crippen LogP contribution in [0.4, 0.5) is 0 Å². The zero-order valence-corrected chi connectivity index (χ0v) is 36.5. The first-order chi connectivity index (χ1) is 27.0. The highest BCUT2D eigenvalue weighted by Gasteiger charge is 2.64. The molecule has 0 spiro atoms. The first-order valence-electron chi connectivity index (χ1n) is 24.0. The number of rotatable bonds is 10. The van der Waals surface area contributed by atoms with Gasteiger partial charge in [0.1, 0.15) is 0 Å². The summed E-state index contributed by atoms with van der Waals surface area (Å²) in [5, 5.41) is 44.0. The van der Waals surface area contributed by atoms with Crippen LogP contribution in [0.5, 0.6) is 0 Å². The number of carbonyl (C=O) groups excluding carboxylic acids is 2. The highest BCUT2D eigenvalue weighted by molar-refractivity contribution is 5.71. The molecule has 0 aromatic carbocycles. The molecule has 4 unspecified atom stereocenters. The van der Waals surface area contributed by atoms with Crippen LogP contribution in [0.15, 0.2) is 0 Å². The molecule has 8 heteroatoms. The summed E-state index contributed by atoms with van der Waals surface area (Å²) in [5.74, 6) is 4.80. The first-order valence-corrected chi connectivity index (χ1v) is 24.0. The Balaban J connectivity index is 0.765. The van der Waals surface area contributed by atoms with Crippen molar-refractivity contribution in [3.63, 3.8) is 0 Å². The molecule has 0 aromatic rings. The normalized spacial score (nSPS) is 51.2. The van der Waals surface area contributed by atoms with Crippen molar-refractivity contribution in [2.45, 2.75) is 194 Å². The van der Waals surface area contributed by atoms with Crippen molar-refractivity contribution in [1.29, 1.82) is 0 Å². The Morgan fingerprint density at radius 2 is 0.895 bits per heavy atom. The molecule has 8 saturated carbocycles. The summed E-state index contributed by atoms with van der Waals surface area (Å²) in [4.78, 5) is 25.8. The van der Waals surface area contributed by atoms with Gasteiger partial charge >= 0.3 is 11.9 Å². The molecule has 8 aliphatic rings. The van der Waals surface area contributed by atoms with Gasteiger partial charge in [0.25, 0.3) is 0 Å². The van der Waals surface area contributed by atoms with E-state index in [9.17, 15) is 30.0 Å². The Labute approximate surface area is 344 Å². The van der Waals surface area contributed by atoms with Crippen molar-refractivity contribution in [2.24, 2.45) is 92.7 Å². The molecule has 8 fully saturated rings. The lowest BCUT2D eigenvalue weighted by Gasteiger charge is -2.62. The summed E-state index contributed by atoms with van der Waals surface area (Å²) in [5.41, 5.74) is 0.792. The van der Waals surface area contributed by atoms with Gasteiger partial charge in [-0.25, -0.2) is 0 Å². The van der Waals surface area contributed by atoms with Gasteiger partial charge in [0, 0.05) is 12.8 Å². The fraction of sp³-hybridized carbons (Fsp3) is 0.959. The van der Waals surface area contributed by atoms with E-state index in [0.29, 0.717) is 83.9 Å². The van der Waals surface area contributed by atoms with Gasteiger partial charge in [-0.05, 0) is 208 Å². The van der Waals surface area contributed by atoms with Crippen molar-refractivity contribution in [3.8, 4) is 0 Å². The van der Waals surface area contributed by atoms with E-state index in [4.69, 9.17) is 9.47 Å². The van der Waals surface area contributed by atoms with Crippen LogP contribution in [0.25, 0.3) is 0 Å². The summed E-state index contributed by atoms with van der Waals surface area (Å²) in [6.45, 7) is 14.2. The predicted molar refractivity (Wildman–Crippen MR) is 219 cm³/mol. The largest absolute Gasteiger partial charge is 0.428 e. The van der Waals surface area contributed by atoms with Crippen LogP contribution in [0.2, 0.25) is 0 Å². The van der Waals surface area contributed by atoms with Crippen LogP contribution < -0.4 is 0 Å². The lowest BCUT2D eigenvalue weighted by atomic mass is 9.43. The van der Waals surface area contributed by atoms with Crippen LogP contribution in [-0.4, -0.2) is 63.6 Å². The van der Waals surface area contributed by atoms with Gasteiger partial charge in [-0.2, -0.15) is 0 Å². The number of hydrogen-bond donors (Lipinski definition) is 4. The third kappa shape index (κ3) is 7.28. The molecule has 8 aliphatic carbocycles. The minimum absolute atomic E-state index is 0.172. The molecule has 57 heavy (non-hydrogen) atoms. The van der Waals surface area contributed by atoms with Gasteiger partial charge in [-0.1, -0.05) is 41.5 Å². The monoisotopic (exact) mass is 797 g/mol. The second-order valence-corrected chi connectivity index (χ2v) is 23.1. The Bertz CT molecular complexity index is 1360. The SMILES string of the molecule is C[C@H](CCC(=O)OCOC(=O)CC[C@@H](C)[C@H]1CCC2[C@@H]3[C@@H](O)CC4C[C@H](O)CC[C@]4(C)[C@H]3CC[C@@]21C)[C@H]1CCC2[C@@H]3[C@@H](O)CC4C[C@H](O)CC[C@]4(C)[C@H]3CC[C@@]21C.